The molecule has 1 fully saturated rings. The second-order valence-corrected chi connectivity index (χ2v) is 3.26. The van der Waals surface area contributed by atoms with Gasteiger partial charge in [0.1, 0.15) is 5.69 Å². The molecule has 0 saturated carbocycles. The number of rotatable bonds is 2. The summed E-state index contributed by atoms with van der Waals surface area (Å²) >= 11 is 0. The fraction of sp³-hybridized carbons (Fsp3) is 0.625. The number of nitrogens with one attached hydrogen (secondary N) is 1. The molecule has 0 radical (unpaired) electrons. The van der Waals surface area contributed by atoms with Gasteiger partial charge in [0, 0.05) is 7.05 Å². The lowest BCUT2D eigenvalue weighted by molar-refractivity contribution is 0.0943. The Bertz CT molecular complexity index is 314. The summed E-state index contributed by atoms with van der Waals surface area (Å²) in [7, 11) is 1.73. The van der Waals surface area contributed by atoms with Crippen LogP contribution in [0.1, 0.15) is 23.3 Å². The van der Waals surface area contributed by atoms with E-state index in [2.05, 4.69) is 15.6 Å². The Kier molecular flexibility index (Phi) is 2.10. The number of aryl methyl sites for hydroxylation is 1. The molecule has 2 rings (SSSR count). The van der Waals surface area contributed by atoms with Crippen LogP contribution in [0.25, 0.3) is 0 Å². The molecule has 1 aromatic rings. The van der Waals surface area contributed by atoms with E-state index in [0.29, 0.717) is 5.69 Å². The number of hydrogen-bond acceptors (Lipinski definition) is 4. The van der Waals surface area contributed by atoms with Gasteiger partial charge in [-0.15, -0.1) is 5.10 Å². The number of carbonyl (C=O) groups is 1. The predicted octanol–water partition coefficient (Wildman–Crippen LogP) is -0.250. The molecule has 0 aromatic carbocycles. The van der Waals surface area contributed by atoms with E-state index in [1.54, 1.807) is 7.05 Å². The molecule has 1 N–H and O–H groups in total. The van der Waals surface area contributed by atoms with Crippen molar-refractivity contribution < 1.29 is 4.79 Å². The van der Waals surface area contributed by atoms with E-state index in [9.17, 15) is 4.79 Å². The van der Waals surface area contributed by atoms with Crippen molar-refractivity contribution in [3.63, 3.8) is 0 Å². The third-order valence-electron chi connectivity index (χ3n) is 2.34. The molecule has 0 amide bonds. The maximum absolute atomic E-state index is 11.8. The largest absolute Gasteiger partial charge is 0.307 e. The predicted molar refractivity (Wildman–Crippen MR) is 46.4 cm³/mol. The van der Waals surface area contributed by atoms with Gasteiger partial charge >= 0.3 is 0 Å². The first-order valence-electron chi connectivity index (χ1n) is 4.41. The number of hydrogen-bond donors (Lipinski definition) is 1. The molecule has 2 heterocycles. The maximum Gasteiger partial charge on any atom is 0.199 e. The zero-order valence-electron chi connectivity index (χ0n) is 7.53. The van der Waals surface area contributed by atoms with Crippen molar-refractivity contribution >= 4 is 5.78 Å². The summed E-state index contributed by atoms with van der Waals surface area (Å²) in [6.45, 7) is 0.932. The topological polar surface area (TPSA) is 59.8 Å². The van der Waals surface area contributed by atoms with E-state index in [0.717, 1.165) is 19.4 Å². The van der Waals surface area contributed by atoms with Gasteiger partial charge in [0.2, 0.25) is 0 Å². The first-order valence-corrected chi connectivity index (χ1v) is 4.41. The van der Waals surface area contributed by atoms with Crippen molar-refractivity contribution in [3.05, 3.63) is 11.9 Å². The Morgan fingerprint density at radius 3 is 3.15 bits per heavy atom. The molecule has 0 bridgehead atoms. The molecule has 1 unspecified atom stereocenters. The average molecular weight is 180 g/mol. The molecule has 0 aliphatic carbocycles. The molecule has 1 aliphatic heterocycles. The second-order valence-electron chi connectivity index (χ2n) is 3.26. The SMILES string of the molecule is Cn1nncc1C(=O)C1CCCN1. The summed E-state index contributed by atoms with van der Waals surface area (Å²) in [6.07, 6.45) is 3.51. The summed E-state index contributed by atoms with van der Waals surface area (Å²) in [5.41, 5.74) is 0.583. The quantitative estimate of drug-likeness (QED) is 0.637. The van der Waals surface area contributed by atoms with Crippen LogP contribution in [-0.4, -0.2) is 33.4 Å². The molecule has 13 heavy (non-hydrogen) atoms. The highest BCUT2D eigenvalue weighted by atomic mass is 16.1. The van der Waals surface area contributed by atoms with E-state index in [-0.39, 0.29) is 11.8 Å². The standard InChI is InChI=1S/C8H12N4O/c1-12-7(5-10-11-12)8(13)6-3-2-4-9-6/h5-6,9H,2-4H2,1H3. The highest BCUT2D eigenvalue weighted by molar-refractivity contribution is 5.98. The molecular weight excluding hydrogens is 168 g/mol. The Hall–Kier alpha value is -1.23. The maximum atomic E-state index is 11.8. The first kappa shape index (κ1) is 8.37. The van der Waals surface area contributed by atoms with Crippen LogP contribution in [-0.2, 0) is 7.05 Å². The molecule has 0 spiro atoms. The minimum Gasteiger partial charge on any atom is -0.307 e. The van der Waals surface area contributed by atoms with E-state index < -0.39 is 0 Å². The van der Waals surface area contributed by atoms with Crippen LogP contribution in [0.5, 0.6) is 0 Å². The van der Waals surface area contributed by atoms with Gasteiger partial charge in [0.05, 0.1) is 12.2 Å². The van der Waals surface area contributed by atoms with Crippen LogP contribution in [0.15, 0.2) is 6.20 Å². The van der Waals surface area contributed by atoms with Crippen molar-refractivity contribution in [1.82, 2.24) is 20.3 Å². The van der Waals surface area contributed by atoms with Crippen molar-refractivity contribution in [3.8, 4) is 0 Å². The highest BCUT2D eigenvalue weighted by Crippen LogP contribution is 2.10. The van der Waals surface area contributed by atoms with Crippen molar-refractivity contribution in [2.75, 3.05) is 6.54 Å². The van der Waals surface area contributed by atoms with Gasteiger partial charge in [-0.1, -0.05) is 5.21 Å². The van der Waals surface area contributed by atoms with Crippen molar-refractivity contribution in [2.45, 2.75) is 18.9 Å². The van der Waals surface area contributed by atoms with E-state index in [1.807, 2.05) is 0 Å². The van der Waals surface area contributed by atoms with Gasteiger partial charge in [-0.2, -0.15) is 0 Å². The van der Waals surface area contributed by atoms with E-state index in [4.69, 9.17) is 0 Å². The zero-order valence-corrected chi connectivity index (χ0v) is 7.53. The summed E-state index contributed by atoms with van der Waals surface area (Å²) in [4.78, 5) is 11.8. The van der Waals surface area contributed by atoms with Gasteiger partial charge in [-0.3, -0.25) is 4.79 Å². The lowest BCUT2D eigenvalue weighted by Gasteiger charge is -2.07. The molecule has 5 nitrogen and oxygen atoms in total. The molecule has 5 heteroatoms. The molecular formula is C8H12N4O. The van der Waals surface area contributed by atoms with Gasteiger partial charge in [-0.25, -0.2) is 4.68 Å². The second kappa shape index (κ2) is 3.26. The smallest absolute Gasteiger partial charge is 0.199 e. The number of aromatic nitrogens is 3. The number of nitrogens with zero attached hydrogens (tertiary/aromatic N) is 3. The van der Waals surface area contributed by atoms with Gasteiger partial charge in [0.15, 0.2) is 5.78 Å². The van der Waals surface area contributed by atoms with Crippen LogP contribution >= 0.6 is 0 Å². The molecule has 1 saturated heterocycles. The van der Waals surface area contributed by atoms with Crippen LogP contribution in [0.4, 0.5) is 0 Å². The highest BCUT2D eigenvalue weighted by Gasteiger charge is 2.25. The van der Waals surface area contributed by atoms with Gasteiger partial charge < -0.3 is 5.32 Å². The minimum atomic E-state index is -0.0304. The van der Waals surface area contributed by atoms with Crippen LogP contribution in [0.2, 0.25) is 0 Å². The molecule has 1 aromatic heterocycles. The zero-order chi connectivity index (χ0) is 9.26. The summed E-state index contributed by atoms with van der Waals surface area (Å²) in [5.74, 6) is 0.102. The van der Waals surface area contributed by atoms with Crippen LogP contribution in [0, 0.1) is 0 Å². The normalized spacial score (nSPS) is 22.1. The average Bonchev–Trinajstić information content (AvgIpc) is 2.72. The molecule has 1 atom stereocenters. The fourth-order valence-corrected chi connectivity index (χ4v) is 1.60. The third-order valence-corrected chi connectivity index (χ3v) is 2.34. The Balaban J connectivity index is 2.17. The van der Waals surface area contributed by atoms with E-state index >= 15 is 0 Å². The summed E-state index contributed by atoms with van der Waals surface area (Å²) in [5, 5.41) is 10.6. The lowest BCUT2D eigenvalue weighted by atomic mass is 10.1. The van der Waals surface area contributed by atoms with Crippen LogP contribution < -0.4 is 5.32 Å². The number of ketones is 1. The number of carbonyl (C=O) groups excluding carboxylic acids is 1. The van der Waals surface area contributed by atoms with Gasteiger partial charge in [0.25, 0.3) is 0 Å². The van der Waals surface area contributed by atoms with Crippen molar-refractivity contribution in [2.24, 2.45) is 7.05 Å². The summed E-state index contributed by atoms with van der Waals surface area (Å²) < 4.78 is 1.52. The van der Waals surface area contributed by atoms with Crippen molar-refractivity contribution in [1.29, 1.82) is 0 Å². The van der Waals surface area contributed by atoms with Crippen LogP contribution in [0.3, 0.4) is 0 Å². The molecule has 70 valence electrons. The third kappa shape index (κ3) is 1.47. The van der Waals surface area contributed by atoms with E-state index in [1.165, 1.54) is 10.9 Å². The molecule has 1 aliphatic rings. The monoisotopic (exact) mass is 180 g/mol. The Labute approximate surface area is 76.1 Å². The Morgan fingerprint density at radius 1 is 1.77 bits per heavy atom. The minimum absolute atomic E-state index is 0.0304. The lowest BCUT2D eigenvalue weighted by Crippen LogP contribution is -2.32. The number of Topliss-reactive ketones (excluding diaryl/α,β-unsaturated/α-hetero) is 1. The fourth-order valence-electron chi connectivity index (χ4n) is 1.60. The summed E-state index contributed by atoms with van der Waals surface area (Å²) in [6, 6.07) is -0.0304. The Morgan fingerprint density at radius 2 is 2.62 bits per heavy atom. The first-order chi connectivity index (χ1) is 6.29. The van der Waals surface area contributed by atoms with Gasteiger partial charge in [-0.05, 0) is 19.4 Å².